The molecule has 0 radical (unpaired) electrons. The zero-order valence-corrected chi connectivity index (χ0v) is 12.5. The quantitative estimate of drug-likeness (QED) is 0.822. The molecule has 0 saturated heterocycles. The highest BCUT2D eigenvalue weighted by Crippen LogP contribution is 2.22. The normalized spacial score (nSPS) is 12.4. The molecular weight excluding hydrogens is 268 g/mol. The van der Waals surface area contributed by atoms with Crippen LogP contribution in [0.4, 0.5) is 8.78 Å². The summed E-state index contributed by atoms with van der Waals surface area (Å²) in [5.41, 5.74) is 3.35. The first-order valence-electron chi connectivity index (χ1n) is 7.34. The van der Waals surface area contributed by atoms with Crippen LogP contribution in [-0.2, 0) is 6.42 Å². The van der Waals surface area contributed by atoms with Gasteiger partial charge in [0.05, 0.1) is 0 Å². The molecule has 3 heteroatoms. The van der Waals surface area contributed by atoms with E-state index in [1.165, 1.54) is 23.3 Å². The van der Waals surface area contributed by atoms with Gasteiger partial charge in [-0.2, -0.15) is 0 Å². The minimum atomic E-state index is -0.798. The maximum atomic E-state index is 13.4. The van der Waals surface area contributed by atoms with Crippen molar-refractivity contribution >= 4 is 0 Å². The van der Waals surface area contributed by atoms with Crippen LogP contribution in [0.15, 0.2) is 42.5 Å². The maximum absolute atomic E-state index is 13.4. The number of benzene rings is 2. The summed E-state index contributed by atoms with van der Waals surface area (Å²) < 4.78 is 26.5. The van der Waals surface area contributed by atoms with Gasteiger partial charge in [0.1, 0.15) is 0 Å². The lowest BCUT2D eigenvalue weighted by Gasteiger charge is -2.19. The summed E-state index contributed by atoms with van der Waals surface area (Å²) in [4.78, 5) is 0. The van der Waals surface area contributed by atoms with Crippen LogP contribution in [0, 0.1) is 18.6 Å². The Morgan fingerprint density at radius 1 is 1.05 bits per heavy atom. The Morgan fingerprint density at radius 3 is 2.48 bits per heavy atom. The topological polar surface area (TPSA) is 12.0 Å². The van der Waals surface area contributed by atoms with Crippen molar-refractivity contribution in [3.8, 4) is 0 Å². The minimum absolute atomic E-state index is 0.0321. The lowest BCUT2D eigenvalue weighted by Crippen LogP contribution is -2.21. The lowest BCUT2D eigenvalue weighted by molar-refractivity contribution is 0.488. The van der Waals surface area contributed by atoms with E-state index in [9.17, 15) is 8.78 Å². The minimum Gasteiger partial charge on any atom is -0.310 e. The number of hydrogen-bond acceptors (Lipinski definition) is 1. The Labute approximate surface area is 125 Å². The molecule has 0 heterocycles. The van der Waals surface area contributed by atoms with Crippen molar-refractivity contribution in [2.24, 2.45) is 0 Å². The van der Waals surface area contributed by atoms with Gasteiger partial charge < -0.3 is 5.32 Å². The second-order valence-corrected chi connectivity index (χ2v) is 5.25. The highest BCUT2D eigenvalue weighted by atomic mass is 19.2. The fraction of sp³-hybridized carbons (Fsp3) is 0.333. The standard InChI is InChI=1S/C18H21F2N/c1-3-21-18(15-8-10-16(19)17(20)12-15)11-9-14-7-5-4-6-13(14)2/h4-8,10,12,18,21H,3,9,11H2,1-2H3. The number of aryl methyl sites for hydroxylation is 2. The number of nitrogens with one attached hydrogen (secondary N) is 1. The molecule has 0 fully saturated rings. The Balaban J connectivity index is 2.12. The first-order chi connectivity index (χ1) is 10.1. The van der Waals surface area contributed by atoms with E-state index in [1.54, 1.807) is 6.07 Å². The summed E-state index contributed by atoms with van der Waals surface area (Å²) in [5, 5.41) is 3.35. The van der Waals surface area contributed by atoms with Crippen molar-refractivity contribution in [1.29, 1.82) is 0 Å². The Kier molecular flexibility index (Phi) is 5.45. The Bertz CT molecular complexity index is 596. The third-order valence-electron chi connectivity index (χ3n) is 3.76. The molecule has 1 atom stereocenters. The Morgan fingerprint density at radius 2 is 1.81 bits per heavy atom. The van der Waals surface area contributed by atoms with Crippen molar-refractivity contribution in [3.05, 3.63) is 70.8 Å². The van der Waals surface area contributed by atoms with Gasteiger partial charge in [-0.3, -0.25) is 0 Å². The molecule has 0 saturated carbocycles. The molecule has 21 heavy (non-hydrogen) atoms. The van der Waals surface area contributed by atoms with E-state index in [0.29, 0.717) is 0 Å². The van der Waals surface area contributed by atoms with E-state index >= 15 is 0 Å². The van der Waals surface area contributed by atoms with E-state index in [-0.39, 0.29) is 6.04 Å². The van der Waals surface area contributed by atoms with Gasteiger partial charge in [0, 0.05) is 6.04 Å². The molecule has 0 aliphatic carbocycles. The van der Waals surface area contributed by atoms with Crippen molar-refractivity contribution < 1.29 is 8.78 Å². The molecule has 1 nitrogen and oxygen atoms in total. The average molecular weight is 289 g/mol. The van der Waals surface area contributed by atoms with Crippen LogP contribution >= 0.6 is 0 Å². The molecule has 0 bridgehead atoms. The van der Waals surface area contributed by atoms with Crippen LogP contribution in [0.2, 0.25) is 0 Å². The molecule has 2 aromatic rings. The fourth-order valence-electron chi connectivity index (χ4n) is 2.55. The van der Waals surface area contributed by atoms with Crippen LogP contribution < -0.4 is 5.32 Å². The highest BCUT2D eigenvalue weighted by Gasteiger charge is 2.13. The molecule has 0 spiro atoms. The molecule has 112 valence electrons. The molecule has 0 amide bonds. The van der Waals surface area contributed by atoms with Gasteiger partial charge in [-0.15, -0.1) is 0 Å². The number of halogens is 2. The van der Waals surface area contributed by atoms with Crippen molar-refractivity contribution in [1.82, 2.24) is 5.32 Å². The summed E-state index contributed by atoms with van der Waals surface area (Å²) in [5.74, 6) is -1.58. The summed E-state index contributed by atoms with van der Waals surface area (Å²) in [6.45, 7) is 4.90. The third-order valence-corrected chi connectivity index (χ3v) is 3.76. The van der Waals surface area contributed by atoms with Crippen LogP contribution in [0.5, 0.6) is 0 Å². The highest BCUT2D eigenvalue weighted by molar-refractivity contribution is 5.27. The van der Waals surface area contributed by atoms with Gasteiger partial charge in [0.25, 0.3) is 0 Å². The van der Waals surface area contributed by atoms with E-state index in [0.717, 1.165) is 24.9 Å². The largest absolute Gasteiger partial charge is 0.310 e. The van der Waals surface area contributed by atoms with Crippen molar-refractivity contribution in [2.45, 2.75) is 32.7 Å². The fourth-order valence-corrected chi connectivity index (χ4v) is 2.55. The molecule has 1 unspecified atom stereocenters. The summed E-state index contributed by atoms with van der Waals surface area (Å²) in [7, 11) is 0. The smallest absolute Gasteiger partial charge is 0.159 e. The SMILES string of the molecule is CCNC(CCc1ccccc1C)c1ccc(F)c(F)c1. The molecule has 2 aromatic carbocycles. The second-order valence-electron chi connectivity index (χ2n) is 5.25. The van der Waals surface area contributed by atoms with Crippen molar-refractivity contribution in [2.75, 3.05) is 6.54 Å². The predicted octanol–water partition coefficient (Wildman–Crippen LogP) is 4.56. The predicted molar refractivity (Wildman–Crippen MR) is 82.3 cm³/mol. The van der Waals surface area contributed by atoms with E-state index in [4.69, 9.17) is 0 Å². The zero-order valence-electron chi connectivity index (χ0n) is 12.5. The second kappa shape index (κ2) is 7.32. The van der Waals surface area contributed by atoms with Gasteiger partial charge in [-0.05, 0) is 55.1 Å². The van der Waals surface area contributed by atoms with Crippen LogP contribution in [0.1, 0.15) is 36.1 Å². The van der Waals surface area contributed by atoms with E-state index in [1.807, 2.05) is 19.1 Å². The summed E-state index contributed by atoms with van der Waals surface area (Å²) in [6, 6.07) is 12.4. The molecule has 2 rings (SSSR count). The number of hydrogen-bond donors (Lipinski definition) is 1. The molecule has 0 aliphatic rings. The summed E-state index contributed by atoms with van der Waals surface area (Å²) in [6.07, 6.45) is 1.76. The van der Waals surface area contributed by atoms with Gasteiger partial charge in [0.15, 0.2) is 11.6 Å². The van der Waals surface area contributed by atoms with Gasteiger partial charge in [-0.25, -0.2) is 8.78 Å². The first kappa shape index (κ1) is 15.6. The van der Waals surface area contributed by atoms with Gasteiger partial charge in [-0.1, -0.05) is 37.3 Å². The van der Waals surface area contributed by atoms with Crippen molar-refractivity contribution in [3.63, 3.8) is 0 Å². The monoisotopic (exact) mass is 289 g/mol. The first-order valence-corrected chi connectivity index (χ1v) is 7.34. The molecule has 1 N–H and O–H groups in total. The van der Waals surface area contributed by atoms with Crippen LogP contribution in [0.25, 0.3) is 0 Å². The van der Waals surface area contributed by atoms with Crippen LogP contribution in [0.3, 0.4) is 0 Å². The molecule has 0 aromatic heterocycles. The van der Waals surface area contributed by atoms with Gasteiger partial charge in [0.2, 0.25) is 0 Å². The van der Waals surface area contributed by atoms with Crippen LogP contribution in [-0.4, -0.2) is 6.54 Å². The lowest BCUT2D eigenvalue weighted by atomic mass is 9.96. The maximum Gasteiger partial charge on any atom is 0.159 e. The van der Waals surface area contributed by atoms with E-state index < -0.39 is 11.6 Å². The molecule has 0 aliphatic heterocycles. The van der Waals surface area contributed by atoms with Gasteiger partial charge >= 0.3 is 0 Å². The molecular formula is C18H21F2N. The zero-order chi connectivity index (χ0) is 15.2. The third kappa shape index (κ3) is 4.11. The Hall–Kier alpha value is -1.74. The summed E-state index contributed by atoms with van der Waals surface area (Å²) >= 11 is 0. The number of rotatable bonds is 6. The average Bonchev–Trinajstić information content (AvgIpc) is 2.48. The van der Waals surface area contributed by atoms with E-state index in [2.05, 4.69) is 24.4 Å².